The zero-order valence-electron chi connectivity index (χ0n) is 13.3. The van der Waals surface area contributed by atoms with E-state index in [2.05, 4.69) is 15.3 Å². The van der Waals surface area contributed by atoms with Crippen LogP contribution in [0.5, 0.6) is 0 Å². The predicted octanol–water partition coefficient (Wildman–Crippen LogP) is 0.509. The Bertz CT molecular complexity index is 699. The van der Waals surface area contributed by atoms with Gasteiger partial charge >= 0.3 is 0 Å². The number of pyridine rings is 1. The van der Waals surface area contributed by atoms with Crippen LogP contribution < -0.4 is 10.2 Å². The molecule has 2 N–H and O–H groups in total. The minimum absolute atomic E-state index is 0.0494. The number of aromatic nitrogens is 3. The number of amides is 1. The van der Waals surface area contributed by atoms with E-state index in [0.29, 0.717) is 19.5 Å². The number of imidazole rings is 1. The number of carbonyl (C=O) groups excluding carboxylic acids is 1. The fourth-order valence-electron chi connectivity index (χ4n) is 2.92. The highest BCUT2D eigenvalue weighted by molar-refractivity contribution is 5.76. The Morgan fingerprint density at radius 2 is 2.17 bits per heavy atom. The topological polar surface area (TPSA) is 83.3 Å². The number of nitrogens with one attached hydrogen (secondary N) is 1. The molecule has 0 radical (unpaired) electrons. The summed E-state index contributed by atoms with van der Waals surface area (Å²) in [6, 6.07) is 5.78. The summed E-state index contributed by atoms with van der Waals surface area (Å²) in [5.74, 6) is 2.34. The van der Waals surface area contributed by atoms with E-state index < -0.39 is 6.10 Å². The number of aliphatic hydroxyl groups is 1. The van der Waals surface area contributed by atoms with Crippen molar-refractivity contribution < 1.29 is 9.90 Å². The molecule has 1 fully saturated rings. The molecular weight excluding hydrogens is 294 g/mol. The van der Waals surface area contributed by atoms with Crippen LogP contribution in [0.1, 0.15) is 12.2 Å². The van der Waals surface area contributed by atoms with Crippen molar-refractivity contribution in [2.75, 3.05) is 25.0 Å². The second-order valence-corrected chi connectivity index (χ2v) is 5.81. The van der Waals surface area contributed by atoms with E-state index in [1.54, 1.807) is 13.2 Å². The monoisotopic (exact) mass is 315 g/mol. The number of aliphatic hydroxyl groups excluding tert-OH is 1. The van der Waals surface area contributed by atoms with Gasteiger partial charge in [0.05, 0.1) is 6.10 Å². The molecule has 122 valence electrons. The molecule has 1 saturated heterocycles. The average Bonchev–Trinajstić information content (AvgIpc) is 3.14. The Hall–Kier alpha value is -2.41. The molecule has 1 amide bonds. The molecule has 7 heteroatoms. The lowest BCUT2D eigenvalue weighted by molar-refractivity contribution is -0.122. The van der Waals surface area contributed by atoms with Gasteiger partial charge in [-0.25, -0.2) is 9.97 Å². The van der Waals surface area contributed by atoms with Crippen molar-refractivity contribution in [2.45, 2.75) is 19.4 Å². The number of carbonyl (C=O) groups is 1. The van der Waals surface area contributed by atoms with Gasteiger partial charge in [-0.1, -0.05) is 6.07 Å². The van der Waals surface area contributed by atoms with Crippen molar-refractivity contribution in [1.29, 1.82) is 0 Å². The van der Waals surface area contributed by atoms with E-state index in [0.717, 1.165) is 17.5 Å². The molecule has 0 bridgehead atoms. The zero-order chi connectivity index (χ0) is 16.4. The lowest BCUT2D eigenvalue weighted by Crippen LogP contribution is -2.27. The highest BCUT2D eigenvalue weighted by atomic mass is 16.3. The highest BCUT2D eigenvalue weighted by Gasteiger charge is 2.33. The van der Waals surface area contributed by atoms with Gasteiger partial charge in [-0.3, -0.25) is 9.36 Å². The van der Waals surface area contributed by atoms with Crippen molar-refractivity contribution in [2.24, 2.45) is 5.92 Å². The Labute approximate surface area is 135 Å². The summed E-state index contributed by atoms with van der Waals surface area (Å²) in [5.41, 5.74) is 0. The minimum Gasteiger partial charge on any atom is -0.391 e. The van der Waals surface area contributed by atoms with Crippen molar-refractivity contribution in [3.63, 3.8) is 0 Å². The van der Waals surface area contributed by atoms with E-state index in [-0.39, 0.29) is 11.8 Å². The fourth-order valence-corrected chi connectivity index (χ4v) is 2.92. The summed E-state index contributed by atoms with van der Waals surface area (Å²) in [6.07, 6.45) is 3.42. The second kappa shape index (κ2) is 6.37. The quantitative estimate of drug-likeness (QED) is 0.859. The third-order valence-corrected chi connectivity index (χ3v) is 4.25. The maximum absolute atomic E-state index is 11.5. The number of β-amino-alcohol motifs (C(OH)–C–C–N with tert-alkyl or cyclic N) is 1. The number of aryl methyl sites for hydroxylation is 1. The van der Waals surface area contributed by atoms with Crippen molar-refractivity contribution in [3.05, 3.63) is 36.4 Å². The van der Waals surface area contributed by atoms with Crippen molar-refractivity contribution in [3.8, 4) is 5.82 Å². The molecule has 2 atom stereocenters. The van der Waals surface area contributed by atoms with Crippen LogP contribution in [-0.4, -0.2) is 51.8 Å². The molecule has 0 aliphatic carbocycles. The normalized spacial score (nSPS) is 20.7. The van der Waals surface area contributed by atoms with E-state index in [4.69, 9.17) is 0 Å². The maximum atomic E-state index is 11.5. The van der Waals surface area contributed by atoms with Gasteiger partial charge in [0, 0.05) is 44.9 Å². The smallest absolute Gasteiger partial charge is 0.220 e. The Balaban J connectivity index is 1.78. The van der Waals surface area contributed by atoms with Gasteiger partial charge in [-0.05, 0) is 19.1 Å². The lowest BCUT2D eigenvalue weighted by Gasteiger charge is -2.18. The highest BCUT2D eigenvalue weighted by Crippen LogP contribution is 2.25. The second-order valence-electron chi connectivity index (χ2n) is 5.81. The molecule has 23 heavy (non-hydrogen) atoms. The largest absolute Gasteiger partial charge is 0.391 e. The summed E-state index contributed by atoms with van der Waals surface area (Å²) in [7, 11) is 1.61. The van der Waals surface area contributed by atoms with Crippen LogP contribution in [0.2, 0.25) is 0 Å². The van der Waals surface area contributed by atoms with Gasteiger partial charge in [0.15, 0.2) is 0 Å². The van der Waals surface area contributed by atoms with Gasteiger partial charge in [-0.15, -0.1) is 0 Å². The van der Waals surface area contributed by atoms with Crippen LogP contribution in [0.3, 0.4) is 0 Å². The van der Waals surface area contributed by atoms with Crippen LogP contribution >= 0.6 is 0 Å². The third kappa shape index (κ3) is 3.19. The molecular formula is C16H21N5O2. The maximum Gasteiger partial charge on any atom is 0.220 e. The van der Waals surface area contributed by atoms with E-state index >= 15 is 0 Å². The number of hydrogen-bond acceptors (Lipinski definition) is 5. The summed E-state index contributed by atoms with van der Waals surface area (Å²) in [5, 5.41) is 12.8. The molecule has 3 heterocycles. The number of rotatable bonds is 4. The van der Waals surface area contributed by atoms with Crippen LogP contribution in [0.15, 0.2) is 30.6 Å². The zero-order valence-corrected chi connectivity index (χ0v) is 13.3. The molecule has 7 nitrogen and oxygen atoms in total. The van der Waals surface area contributed by atoms with Gasteiger partial charge in [0.2, 0.25) is 5.91 Å². The van der Waals surface area contributed by atoms with Crippen LogP contribution in [0.25, 0.3) is 5.82 Å². The summed E-state index contributed by atoms with van der Waals surface area (Å²) in [4.78, 5) is 22.4. The first-order valence-corrected chi connectivity index (χ1v) is 7.69. The van der Waals surface area contributed by atoms with Crippen molar-refractivity contribution in [1.82, 2.24) is 19.9 Å². The Morgan fingerprint density at radius 1 is 1.39 bits per heavy atom. The first kappa shape index (κ1) is 15.5. The molecule has 1 aliphatic rings. The Morgan fingerprint density at radius 3 is 2.87 bits per heavy atom. The number of anilines is 1. The molecule has 3 rings (SSSR count). The predicted molar refractivity (Wildman–Crippen MR) is 86.5 cm³/mol. The third-order valence-electron chi connectivity index (χ3n) is 4.25. The number of hydrogen-bond donors (Lipinski definition) is 2. The molecule has 0 aromatic carbocycles. The van der Waals surface area contributed by atoms with Crippen LogP contribution in [-0.2, 0) is 4.79 Å². The van der Waals surface area contributed by atoms with Gasteiger partial charge in [0.25, 0.3) is 0 Å². The average molecular weight is 315 g/mol. The molecule has 0 saturated carbocycles. The summed E-state index contributed by atoms with van der Waals surface area (Å²) >= 11 is 0. The SMILES string of the molecule is CNC(=O)C[C@@H]1CN(c2cccc(-n3ccnc3C)n2)C[C@H]1O. The molecule has 0 unspecified atom stereocenters. The molecule has 2 aromatic rings. The standard InChI is InChI=1S/C16H21N5O2/c1-11-18-6-7-21(11)15-5-3-4-14(19-15)20-9-12(13(22)10-20)8-16(23)17-2/h3-7,12-13,22H,8-10H2,1-2H3,(H,17,23)/t12-,13-/m1/s1. The first-order chi connectivity index (χ1) is 11.1. The van der Waals surface area contributed by atoms with E-state index in [9.17, 15) is 9.90 Å². The van der Waals surface area contributed by atoms with Gasteiger partial charge in [0.1, 0.15) is 17.5 Å². The fraction of sp³-hybridized carbons (Fsp3) is 0.438. The Kier molecular flexibility index (Phi) is 4.29. The van der Waals surface area contributed by atoms with Crippen LogP contribution in [0.4, 0.5) is 5.82 Å². The van der Waals surface area contributed by atoms with Gasteiger partial charge < -0.3 is 15.3 Å². The summed E-state index contributed by atoms with van der Waals surface area (Å²) < 4.78 is 1.91. The number of nitrogens with zero attached hydrogens (tertiary/aromatic N) is 4. The molecule has 1 aliphatic heterocycles. The molecule has 0 spiro atoms. The van der Waals surface area contributed by atoms with Crippen LogP contribution in [0, 0.1) is 12.8 Å². The summed E-state index contributed by atoms with van der Waals surface area (Å²) in [6.45, 7) is 3.03. The van der Waals surface area contributed by atoms with E-state index in [1.165, 1.54) is 0 Å². The molecule has 2 aromatic heterocycles. The van der Waals surface area contributed by atoms with E-state index in [1.807, 2.05) is 40.8 Å². The first-order valence-electron chi connectivity index (χ1n) is 7.69. The lowest BCUT2D eigenvalue weighted by atomic mass is 10.0. The van der Waals surface area contributed by atoms with Gasteiger partial charge in [-0.2, -0.15) is 0 Å². The van der Waals surface area contributed by atoms with Crippen molar-refractivity contribution >= 4 is 11.7 Å². The minimum atomic E-state index is -0.521.